The molecular formula is C37H65ClO4. The van der Waals surface area contributed by atoms with E-state index in [0.29, 0.717) is 12.8 Å². The van der Waals surface area contributed by atoms with E-state index in [0.717, 1.165) is 70.6 Å². The van der Waals surface area contributed by atoms with Gasteiger partial charge in [0, 0.05) is 18.7 Å². The van der Waals surface area contributed by atoms with Crippen LogP contribution in [0, 0.1) is 5.92 Å². The van der Waals surface area contributed by atoms with Crippen molar-refractivity contribution in [2.75, 3.05) is 5.88 Å². The predicted molar refractivity (Wildman–Crippen MR) is 181 cm³/mol. The number of carbonyl (C=O) groups is 2. The Morgan fingerprint density at radius 3 is 1.52 bits per heavy atom. The summed E-state index contributed by atoms with van der Waals surface area (Å²) in [4.78, 5) is 25.2. The fourth-order valence-corrected chi connectivity index (χ4v) is 5.58. The molecule has 0 fully saturated rings. The normalized spacial score (nSPS) is 13.2. The van der Waals surface area contributed by atoms with E-state index in [9.17, 15) is 19.8 Å². The number of allylic oxidation sites excluding steroid dienone is 6. The number of carbonyl (C=O) groups excluding carboxylic acids is 2. The SMILES string of the molecule is CC/C=C\C/C=C\C/C=C\CCCCCCCC(=O)C(CCl)C(O)(O)C(=O)CCCCCCCCCCCCCCC. The molecule has 0 aromatic rings. The molecule has 0 rings (SSSR count). The number of hydrogen-bond acceptors (Lipinski definition) is 4. The molecule has 0 saturated carbocycles. The number of aliphatic hydroxyl groups is 2. The van der Waals surface area contributed by atoms with Crippen molar-refractivity contribution in [2.45, 2.75) is 174 Å². The van der Waals surface area contributed by atoms with Crippen LogP contribution in [0.3, 0.4) is 0 Å². The molecule has 5 heteroatoms. The first-order valence-corrected chi connectivity index (χ1v) is 18.0. The van der Waals surface area contributed by atoms with Crippen LogP contribution in [-0.4, -0.2) is 33.4 Å². The van der Waals surface area contributed by atoms with Gasteiger partial charge >= 0.3 is 0 Å². The number of alkyl halides is 1. The van der Waals surface area contributed by atoms with E-state index in [1.165, 1.54) is 57.8 Å². The maximum Gasteiger partial charge on any atom is 0.235 e. The van der Waals surface area contributed by atoms with E-state index in [-0.39, 0.29) is 24.5 Å². The zero-order valence-electron chi connectivity index (χ0n) is 27.3. The summed E-state index contributed by atoms with van der Waals surface area (Å²) in [6, 6.07) is 0. The molecule has 0 bridgehead atoms. The largest absolute Gasteiger partial charge is 0.359 e. The summed E-state index contributed by atoms with van der Waals surface area (Å²) in [5.41, 5.74) is 0. The van der Waals surface area contributed by atoms with Gasteiger partial charge in [0.15, 0.2) is 5.78 Å². The first-order valence-electron chi connectivity index (χ1n) is 17.4. The summed E-state index contributed by atoms with van der Waals surface area (Å²) in [7, 11) is 0. The molecule has 0 aromatic heterocycles. The van der Waals surface area contributed by atoms with Crippen LogP contribution in [0.4, 0.5) is 0 Å². The van der Waals surface area contributed by atoms with Gasteiger partial charge in [-0.3, -0.25) is 9.59 Å². The van der Waals surface area contributed by atoms with Crippen LogP contribution in [0.25, 0.3) is 0 Å². The van der Waals surface area contributed by atoms with Crippen LogP contribution in [0.15, 0.2) is 36.5 Å². The summed E-state index contributed by atoms with van der Waals surface area (Å²) in [5.74, 6) is -5.18. The van der Waals surface area contributed by atoms with E-state index < -0.39 is 17.5 Å². The minimum atomic E-state index is -2.66. The van der Waals surface area contributed by atoms with Gasteiger partial charge in [0.05, 0.1) is 5.92 Å². The second kappa shape index (κ2) is 29.8. The number of ketones is 2. The highest BCUT2D eigenvalue weighted by Gasteiger charge is 2.44. The first-order chi connectivity index (χ1) is 20.4. The van der Waals surface area contributed by atoms with Gasteiger partial charge in [0.2, 0.25) is 5.79 Å². The number of halogens is 1. The third-order valence-corrected chi connectivity index (χ3v) is 8.33. The third kappa shape index (κ3) is 23.3. The van der Waals surface area contributed by atoms with Crippen molar-refractivity contribution in [2.24, 2.45) is 5.92 Å². The Hall–Kier alpha value is -1.23. The monoisotopic (exact) mass is 608 g/mol. The average molecular weight is 609 g/mol. The topological polar surface area (TPSA) is 74.6 Å². The van der Waals surface area contributed by atoms with E-state index >= 15 is 0 Å². The van der Waals surface area contributed by atoms with E-state index in [1.807, 2.05) is 0 Å². The minimum Gasteiger partial charge on any atom is -0.359 e. The lowest BCUT2D eigenvalue weighted by molar-refractivity contribution is -0.201. The molecule has 1 unspecified atom stereocenters. The fourth-order valence-electron chi connectivity index (χ4n) is 5.19. The summed E-state index contributed by atoms with van der Waals surface area (Å²) in [6.07, 6.45) is 38.1. The van der Waals surface area contributed by atoms with E-state index in [4.69, 9.17) is 11.6 Å². The summed E-state index contributed by atoms with van der Waals surface area (Å²) >= 11 is 5.94. The standard InChI is InChI=1S/C37H65ClO4/c1-3-5-7-9-11-13-15-17-18-20-21-23-25-27-29-31-35(39)34(33-38)37(41,42)36(40)32-30-28-26-24-22-19-16-14-12-10-8-6-4-2/h5,7,11,13,17-18,34,41-42H,3-4,6,8-10,12,14-16,19-33H2,1-2H3/b7-5-,13-11-,18-17-. The molecule has 0 heterocycles. The molecule has 0 radical (unpaired) electrons. The fraction of sp³-hybridized carbons (Fsp3) is 0.784. The van der Waals surface area contributed by atoms with Crippen LogP contribution in [0.2, 0.25) is 0 Å². The van der Waals surface area contributed by atoms with Crippen molar-refractivity contribution < 1.29 is 19.8 Å². The molecule has 0 amide bonds. The molecule has 0 saturated heterocycles. The van der Waals surface area contributed by atoms with E-state index in [2.05, 4.69) is 50.3 Å². The van der Waals surface area contributed by atoms with Crippen molar-refractivity contribution in [3.8, 4) is 0 Å². The van der Waals surface area contributed by atoms with Gasteiger partial charge in [-0.05, 0) is 44.9 Å². The van der Waals surface area contributed by atoms with Crippen LogP contribution in [-0.2, 0) is 9.59 Å². The van der Waals surface area contributed by atoms with Crippen LogP contribution >= 0.6 is 11.6 Å². The number of unbranched alkanes of at least 4 members (excludes halogenated alkanes) is 17. The van der Waals surface area contributed by atoms with Crippen molar-refractivity contribution in [1.29, 1.82) is 0 Å². The lowest BCUT2D eigenvalue weighted by Gasteiger charge is -2.27. The molecule has 42 heavy (non-hydrogen) atoms. The van der Waals surface area contributed by atoms with Gasteiger partial charge in [-0.15, -0.1) is 11.6 Å². The molecule has 2 N–H and O–H groups in total. The molecule has 0 aliphatic carbocycles. The summed E-state index contributed by atoms with van der Waals surface area (Å²) in [5, 5.41) is 21.0. The van der Waals surface area contributed by atoms with Gasteiger partial charge in [0.25, 0.3) is 0 Å². The third-order valence-electron chi connectivity index (χ3n) is 8.02. The summed E-state index contributed by atoms with van der Waals surface area (Å²) < 4.78 is 0. The molecule has 0 aliphatic heterocycles. The number of rotatable bonds is 31. The van der Waals surface area contributed by atoms with Crippen molar-refractivity contribution >= 4 is 23.2 Å². The minimum absolute atomic E-state index is 0.0759. The van der Waals surface area contributed by atoms with Crippen molar-refractivity contribution in [3.63, 3.8) is 0 Å². The lowest BCUT2D eigenvalue weighted by atomic mass is 9.87. The van der Waals surface area contributed by atoms with Crippen molar-refractivity contribution in [1.82, 2.24) is 0 Å². The smallest absolute Gasteiger partial charge is 0.235 e. The molecule has 0 aliphatic rings. The molecule has 0 spiro atoms. The highest BCUT2D eigenvalue weighted by Crippen LogP contribution is 2.24. The average Bonchev–Trinajstić information content (AvgIpc) is 2.97. The second-order valence-corrected chi connectivity index (χ2v) is 12.2. The maximum atomic E-state index is 12.7. The van der Waals surface area contributed by atoms with Gasteiger partial charge in [-0.25, -0.2) is 0 Å². The number of Topliss-reactive ketones (excluding diaryl/α,β-unsaturated/α-hetero) is 2. The molecule has 4 nitrogen and oxygen atoms in total. The highest BCUT2D eigenvalue weighted by molar-refractivity contribution is 6.20. The Labute approximate surface area is 264 Å². The molecule has 1 atom stereocenters. The Morgan fingerprint density at radius 2 is 1.02 bits per heavy atom. The Balaban J connectivity index is 3.93. The van der Waals surface area contributed by atoms with Gasteiger partial charge in [-0.2, -0.15) is 0 Å². The van der Waals surface area contributed by atoms with Crippen LogP contribution in [0.5, 0.6) is 0 Å². The van der Waals surface area contributed by atoms with Gasteiger partial charge in [0.1, 0.15) is 5.78 Å². The Morgan fingerprint density at radius 1 is 0.595 bits per heavy atom. The van der Waals surface area contributed by atoms with Crippen molar-refractivity contribution in [3.05, 3.63) is 36.5 Å². The van der Waals surface area contributed by atoms with E-state index in [1.54, 1.807) is 0 Å². The van der Waals surface area contributed by atoms with Gasteiger partial charge < -0.3 is 10.2 Å². The molecular weight excluding hydrogens is 544 g/mol. The Bertz CT molecular complexity index is 725. The maximum absolute atomic E-state index is 12.7. The van der Waals surface area contributed by atoms with Crippen LogP contribution < -0.4 is 0 Å². The zero-order valence-corrected chi connectivity index (χ0v) is 28.1. The second-order valence-electron chi connectivity index (χ2n) is 11.9. The molecule has 244 valence electrons. The highest BCUT2D eigenvalue weighted by atomic mass is 35.5. The molecule has 0 aromatic carbocycles. The summed E-state index contributed by atoms with van der Waals surface area (Å²) in [6.45, 7) is 4.39. The number of hydrogen-bond donors (Lipinski definition) is 2. The van der Waals surface area contributed by atoms with Gasteiger partial charge in [-0.1, -0.05) is 147 Å². The quantitative estimate of drug-likeness (QED) is 0.0355. The first kappa shape index (κ1) is 40.8. The lowest BCUT2D eigenvalue weighted by Crippen LogP contribution is -2.50. The zero-order chi connectivity index (χ0) is 31.2. The predicted octanol–water partition coefficient (Wildman–Crippen LogP) is 10.7. The van der Waals surface area contributed by atoms with Crippen LogP contribution in [0.1, 0.15) is 168 Å². The Kier molecular flexibility index (Phi) is 29.0.